The number of halogens is 1. The number of carboxylic acids is 1. The van der Waals surface area contributed by atoms with Crippen molar-refractivity contribution >= 4 is 40.3 Å². The second kappa shape index (κ2) is 4.81. The summed E-state index contributed by atoms with van der Waals surface area (Å²) in [5, 5.41) is 8.89. The van der Waals surface area contributed by atoms with Crippen LogP contribution in [-0.2, 0) is 0 Å². The lowest BCUT2D eigenvalue weighted by Gasteiger charge is -2.07. The van der Waals surface area contributed by atoms with E-state index in [9.17, 15) is 9.59 Å². The molecule has 0 aromatic heterocycles. The minimum Gasteiger partial charge on any atom is -0.478 e. The standard InChI is InChI=1S/C10H9BrO3S/c1-5(11)9(12)8-4-6(15)2-3-7(8)10(13)14/h2-5,15H,1H3,(H,13,14). The Morgan fingerprint density at radius 3 is 2.47 bits per heavy atom. The number of carbonyl (C=O) groups excluding carboxylic acids is 1. The topological polar surface area (TPSA) is 54.4 Å². The molecule has 0 heterocycles. The van der Waals surface area contributed by atoms with Crippen LogP contribution in [0, 0.1) is 0 Å². The maximum Gasteiger partial charge on any atom is 0.336 e. The number of carboxylic acid groups (broad SMARTS) is 1. The third-order valence-corrected chi connectivity index (χ3v) is 2.55. The SMILES string of the molecule is CC(Br)C(=O)c1cc(S)ccc1C(=O)O. The second-order valence-electron chi connectivity index (χ2n) is 3.02. The highest BCUT2D eigenvalue weighted by Crippen LogP contribution is 2.19. The summed E-state index contributed by atoms with van der Waals surface area (Å²) >= 11 is 7.19. The molecule has 0 fully saturated rings. The van der Waals surface area contributed by atoms with Crippen molar-refractivity contribution in [1.29, 1.82) is 0 Å². The quantitative estimate of drug-likeness (QED) is 0.511. The molecule has 0 aliphatic rings. The van der Waals surface area contributed by atoms with Crippen molar-refractivity contribution < 1.29 is 14.7 Å². The van der Waals surface area contributed by atoms with E-state index in [0.29, 0.717) is 4.90 Å². The zero-order valence-corrected chi connectivity index (χ0v) is 10.4. The zero-order valence-electron chi connectivity index (χ0n) is 7.90. The molecule has 0 aliphatic carbocycles. The van der Waals surface area contributed by atoms with Crippen molar-refractivity contribution in [2.45, 2.75) is 16.6 Å². The second-order valence-corrected chi connectivity index (χ2v) is 4.91. The molecule has 0 bridgehead atoms. The Morgan fingerprint density at radius 1 is 1.40 bits per heavy atom. The molecule has 80 valence electrons. The van der Waals surface area contributed by atoms with E-state index >= 15 is 0 Å². The van der Waals surface area contributed by atoms with Gasteiger partial charge in [-0.2, -0.15) is 0 Å². The van der Waals surface area contributed by atoms with Gasteiger partial charge in [0.15, 0.2) is 5.78 Å². The van der Waals surface area contributed by atoms with E-state index in [4.69, 9.17) is 5.11 Å². The molecule has 1 rings (SSSR count). The maximum absolute atomic E-state index is 11.7. The Morgan fingerprint density at radius 2 is 2.00 bits per heavy atom. The highest BCUT2D eigenvalue weighted by molar-refractivity contribution is 9.10. The van der Waals surface area contributed by atoms with Crippen LogP contribution in [0.1, 0.15) is 27.6 Å². The number of Topliss-reactive ketones (excluding diaryl/α,β-unsaturated/α-hetero) is 1. The Balaban J connectivity index is 3.30. The monoisotopic (exact) mass is 288 g/mol. The normalized spacial score (nSPS) is 12.2. The van der Waals surface area contributed by atoms with Gasteiger partial charge >= 0.3 is 5.97 Å². The number of hydrogen-bond donors (Lipinski definition) is 2. The molecular formula is C10H9BrO3S. The van der Waals surface area contributed by atoms with E-state index in [-0.39, 0.29) is 16.9 Å². The van der Waals surface area contributed by atoms with Crippen molar-refractivity contribution in [2.75, 3.05) is 0 Å². The number of thiol groups is 1. The van der Waals surface area contributed by atoms with Gasteiger partial charge < -0.3 is 5.11 Å². The molecule has 3 nitrogen and oxygen atoms in total. The van der Waals surface area contributed by atoms with Crippen LogP contribution in [0.4, 0.5) is 0 Å². The van der Waals surface area contributed by atoms with Crippen molar-refractivity contribution in [1.82, 2.24) is 0 Å². The number of hydrogen-bond acceptors (Lipinski definition) is 3. The summed E-state index contributed by atoms with van der Waals surface area (Å²) in [5.74, 6) is -1.37. The van der Waals surface area contributed by atoms with Crippen LogP contribution in [0.3, 0.4) is 0 Å². The molecule has 1 aromatic rings. The number of ketones is 1. The minimum atomic E-state index is -1.11. The first-order valence-electron chi connectivity index (χ1n) is 4.18. The van der Waals surface area contributed by atoms with Gasteiger partial charge in [-0.05, 0) is 25.1 Å². The third kappa shape index (κ3) is 2.82. The molecular weight excluding hydrogens is 280 g/mol. The van der Waals surface area contributed by atoms with E-state index in [1.807, 2.05) is 0 Å². The fraction of sp³-hybridized carbons (Fsp3) is 0.200. The summed E-state index contributed by atoms with van der Waals surface area (Å²) in [6.07, 6.45) is 0. The molecule has 5 heteroatoms. The molecule has 0 saturated heterocycles. The minimum absolute atomic E-state index is 0.00380. The zero-order chi connectivity index (χ0) is 11.6. The Kier molecular flexibility index (Phi) is 3.93. The van der Waals surface area contributed by atoms with Gasteiger partial charge in [0.25, 0.3) is 0 Å². The molecule has 0 spiro atoms. The van der Waals surface area contributed by atoms with Crippen LogP contribution in [0.15, 0.2) is 23.1 Å². The summed E-state index contributed by atoms with van der Waals surface area (Å²) in [4.78, 5) is 22.7. The average molecular weight is 289 g/mol. The summed E-state index contributed by atoms with van der Waals surface area (Å²) in [6.45, 7) is 1.65. The van der Waals surface area contributed by atoms with Crippen LogP contribution in [-0.4, -0.2) is 21.7 Å². The van der Waals surface area contributed by atoms with Crippen LogP contribution >= 0.6 is 28.6 Å². The van der Waals surface area contributed by atoms with Crippen molar-refractivity contribution in [3.8, 4) is 0 Å². The molecule has 1 aromatic carbocycles. The summed E-state index contributed by atoms with van der Waals surface area (Å²) in [6, 6.07) is 4.39. The predicted octanol–water partition coefficient (Wildman–Crippen LogP) is 2.64. The molecule has 1 atom stereocenters. The molecule has 1 unspecified atom stereocenters. The Hall–Kier alpha value is -0.810. The smallest absolute Gasteiger partial charge is 0.336 e. The predicted molar refractivity (Wildman–Crippen MR) is 63.4 cm³/mol. The van der Waals surface area contributed by atoms with Crippen molar-refractivity contribution in [3.63, 3.8) is 0 Å². The summed E-state index contributed by atoms with van der Waals surface area (Å²) < 4.78 is 0. The van der Waals surface area contributed by atoms with Crippen LogP contribution in [0.5, 0.6) is 0 Å². The van der Waals surface area contributed by atoms with Crippen LogP contribution < -0.4 is 0 Å². The molecule has 0 radical (unpaired) electrons. The number of rotatable bonds is 3. The average Bonchev–Trinajstić information content (AvgIpc) is 2.15. The molecule has 15 heavy (non-hydrogen) atoms. The molecule has 1 N–H and O–H groups in total. The van der Waals surface area contributed by atoms with Gasteiger partial charge in [0.1, 0.15) is 0 Å². The first-order chi connectivity index (χ1) is 6.93. The van der Waals surface area contributed by atoms with Gasteiger partial charge in [-0.25, -0.2) is 4.79 Å². The lowest BCUT2D eigenvalue weighted by Crippen LogP contribution is -2.15. The molecule has 0 amide bonds. The largest absolute Gasteiger partial charge is 0.478 e. The van der Waals surface area contributed by atoms with Gasteiger partial charge in [-0.3, -0.25) is 4.79 Å². The van der Waals surface area contributed by atoms with Gasteiger partial charge in [-0.15, -0.1) is 12.6 Å². The van der Waals surface area contributed by atoms with Crippen LogP contribution in [0.2, 0.25) is 0 Å². The van der Waals surface area contributed by atoms with E-state index in [1.165, 1.54) is 12.1 Å². The molecule has 0 saturated carbocycles. The van der Waals surface area contributed by atoms with Gasteiger partial charge in [-0.1, -0.05) is 15.9 Å². The van der Waals surface area contributed by atoms with Crippen molar-refractivity contribution in [2.24, 2.45) is 0 Å². The van der Waals surface area contributed by atoms with E-state index < -0.39 is 10.8 Å². The number of alkyl halides is 1. The third-order valence-electron chi connectivity index (χ3n) is 1.86. The number of benzene rings is 1. The summed E-state index contributed by atoms with van der Waals surface area (Å²) in [7, 11) is 0. The van der Waals surface area contributed by atoms with Crippen LogP contribution in [0.25, 0.3) is 0 Å². The van der Waals surface area contributed by atoms with E-state index in [1.54, 1.807) is 13.0 Å². The van der Waals surface area contributed by atoms with Gasteiger partial charge in [0.05, 0.1) is 10.4 Å². The molecule has 0 aliphatic heterocycles. The Bertz CT molecular complexity index is 415. The van der Waals surface area contributed by atoms with Gasteiger partial charge in [0.2, 0.25) is 0 Å². The summed E-state index contributed by atoms with van der Waals surface area (Å²) in [5.41, 5.74) is 0.184. The lowest BCUT2D eigenvalue weighted by atomic mass is 10.0. The van der Waals surface area contributed by atoms with Gasteiger partial charge in [0, 0.05) is 10.5 Å². The van der Waals surface area contributed by atoms with Crippen molar-refractivity contribution in [3.05, 3.63) is 29.3 Å². The maximum atomic E-state index is 11.7. The van der Waals surface area contributed by atoms with E-state index in [2.05, 4.69) is 28.6 Å². The number of aromatic carboxylic acids is 1. The highest BCUT2D eigenvalue weighted by Gasteiger charge is 2.19. The Labute approximate surface area is 101 Å². The fourth-order valence-electron chi connectivity index (χ4n) is 1.14. The number of carbonyl (C=O) groups is 2. The first-order valence-corrected chi connectivity index (χ1v) is 5.54. The fourth-order valence-corrected chi connectivity index (χ4v) is 1.59. The first kappa shape index (κ1) is 12.3. The lowest BCUT2D eigenvalue weighted by molar-refractivity contribution is 0.0692. The van der Waals surface area contributed by atoms with E-state index in [0.717, 1.165) is 0 Å². The highest BCUT2D eigenvalue weighted by atomic mass is 79.9.